The second kappa shape index (κ2) is 16.3. The van der Waals surface area contributed by atoms with Gasteiger partial charge in [0.2, 0.25) is 11.4 Å². The van der Waals surface area contributed by atoms with Gasteiger partial charge in [-0.3, -0.25) is 9.59 Å². The van der Waals surface area contributed by atoms with Gasteiger partial charge in [0, 0.05) is 12.8 Å². The number of rotatable bonds is 16. The second-order valence-corrected chi connectivity index (χ2v) is 8.00. The maximum absolute atomic E-state index is 12.6. The number of halogens is 3. The SMILES string of the molecule is C=C(CC(NC(=O)CC[C@@H](NC(=O)C(F)(F)F)C(=O)OC)C(=O)OCC)CC(N)(C(=O)OCC)C(=O)OCC. The van der Waals surface area contributed by atoms with Crippen molar-refractivity contribution in [2.75, 3.05) is 26.9 Å². The van der Waals surface area contributed by atoms with Gasteiger partial charge < -0.3 is 35.3 Å². The zero-order valence-electron chi connectivity index (χ0n) is 22.1. The number of methoxy groups -OCH3 is 1. The van der Waals surface area contributed by atoms with Crippen LogP contribution in [0.1, 0.15) is 46.5 Å². The first-order chi connectivity index (χ1) is 18.1. The Morgan fingerprint density at radius 2 is 1.36 bits per heavy atom. The summed E-state index contributed by atoms with van der Waals surface area (Å²) in [5.41, 5.74) is 3.74. The van der Waals surface area contributed by atoms with Crippen molar-refractivity contribution < 1.29 is 60.9 Å². The van der Waals surface area contributed by atoms with Crippen LogP contribution in [0.25, 0.3) is 0 Å². The summed E-state index contributed by atoms with van der Waals surface area (Å²) in [6, 6.07) is -3.22. The molecule has 0 heterocycles. The topological polar surface area (TPSA) is 189 Å². The predicted octanol–water partition coefficient (Wildman–Crippen LogP) is 0.195. The van der Waals surface area contributed by atoms with Crippen LogP contribution in [0, 0.1) is 0 Å². The summed E-state index contributed by atoms with van der Waals surface area (Å²) in [4.78, 5) is 72.7. The number of esters is 4. The first kappa shape index (κ1) is 35.3. The van der Waals surface area contributed by atoms with Gasteiger partial charge >= 0.3 is 36.0 Å². The lowest BCUT2D eigenvalue weighted by atomic mass is 9.89. The van der Waals surface area contributed by atoms with E-state index in [9.17, 15) is 41.9 Å². The number of ether oxygens (including phenoxy) is 4. The van der Waals surface area contributed by atoms with Crippen LogP contribution >= 0.6 is 0 Å². The lowest BCUT2D eigenvalue weighted by Crippen LogP contribution is -2.57. The molecule has 0 aliphatic rings. The molecule has 2 amide bonds. The van der Waals surface area contributed by atoms with Crippen molar-refractivity contribution >= 4 is 35.7 Å². The molecule has 0 radical (unpaired) electrons. The number of hydrogen-bond donors (Lipinski definition) is 3. The molecule has 0 aromatic carbocycles. The Morgan fingerprint density at radius 1 is 0.846 bits per heavy atom. The van der Waals surface area contributed by atoms with E-state index in [0.717, 1.165) is 7.11 Å². The van der Waals surface area contributed by atoms with Crippen molar-refractivity contribution in [1.82, 2.24) is 10.6 Å². The molecule has 0 fully saturated rings. The van der Waals surface area contributed by atoms with E-state index in [1.165, 1.54) is 26.1 Å². The van der Waals surface area contributed by atoms with Crippen molar-refractivity contribution in [1.29, 1.82) is 0 Å². The number of nitrogens with two attached hydrogens (primary N) is 1. The molecule has 1 unspecified atom stereocenters. The van der Waals surface area contributed by atoms with E-state index < -0.39 is 78.8 Å². The summed E-state index contributed by atoms with van der Waals surface area (Å²) in [5.74, 6) is -7.69. The average molecular weight is 570 g/mol. The first-order valence-corrected chi connectivity index (χ1v) is 11.8. The third-order valence-electron chi connectivity index (χ3n) is 4.92. The number of carbonyl (C=O) groups excluding carboxylic acids is 6. The summed E-state index contributed by atoms with van der Waals surface area (Å²) < 4.78 is 56.7. The van der Waals surface area contributed by atoms with Gasteiger partial charge in [0.15, 0.2) is 0 Å². The van der Waals surface area contributed by atoms with Crippen LogP contribution in [0.2, 0.25) is 0 Å². The monoisotopic (exact) mass is 569 g/mol. The minimum absolute atomic E-state index is 0.0434. The zero-order valence-corrected chi connectivity index (χ0v) is 22.1. The number of carbonyl (C=O) groups is 6. The molecular weight excluding hydrogens is 535 g/mol. The van der Waals surface area contributed by atoms with Gasteiger partial charge in [-0.2, -0.15) is 13.2 Å². The summed E-state index contributed by atoms with van der Waals surface area (Å²) in [7, 11) is 0.877. The highest BCUT2D eigenvalue weighted by atomic mass is 19.4. The molecule has 39 heavy (non-hydrogen) atoms. The third kappa shape index (κ3) is 11.7. The maximum Gasteiger partial charge on any atom is 0.471 e. The van der Waals surface area contributed by atoms with Crippen LogP contribution in [0.15, 0.2) is 12.2 Å². The van der Waals surface area contributed by atoms with Gasteiger partial charge in [-0.1, -0.05) is 12.2 Å². The quantitative estimate of drug-likeness (QED) is 0.0996. The van der Waals surface area contributed by atoms with Crippen molar-refractivity contribution in [3.8, 4) is 0 Å². The Hall–Kier alpha value is -3.69. The van der Waals surface area contributed by atoms with Crippen LogP contribution in [-0.2, 0) is 47.7 Å². The molecule has 0 saturated carbocycles. The van der Waals surface area contributed by atoms with Crippen LogP contribution in [-0.4, -0.2) is 86.4 Å². The fourth-order valence-electron chi connectivity index (χ4n) is 3.11. The number of alkyl halides is 3. The second-order valence-electron chi connectivity index (χ2n) is 8.00. The van der Waals surface area contributed by atoms with E-state index in [2.05, 4.69) is 16.6 Å². The molecule has 0 aliphatic heterocycles. The first-order valence-electron chi connectivity index (χ1n) is 11.8. The van der Waals surface area contributed by atoms with E-state index in [4.69, 9.17) is 19.9 Å². The van der Waals surface area contributed by atoms with Crippen LogP contribution in [0.5, 0.6) is 0 Å². The molecule has 16 heteroatoms. The van der Waals surface area contributed by atoms with E-state index in [-0.39, 0.29) is 31.8 Å². The molecule has 0 rings (SSSR count). The van der Waals surface area contributed by atoms with Gasteiger partial charge in [0.05, 0.1) is 26.9 Å². The number of amides is 2. The van der Waals surface area contributed by atoms with Gasteiger partial charge in [-0.05, 0) is 33.6 Å². The van der Waals surface area contributed by atoms with Crippen molar-refractivity contribution in [3.05, 3.63) is 12.2 Å². The van der Waals surface area contributed by atoms with Crippen LogP contribution in [0.4, 0.5) is 13.2 Å². The van der Waals surface area contributed by atoms with Gasteiger partial charge in [0.25, 0.3) is 0 Å². The highest BCUT2D eigenvalue weighted by Crippen LogP contribution is 2.22. The molecule has 2 atom stereocenters. The maximum atomic E-state index is 12.6. The number of nitrogens with one attached hydrogen (secondary N) is 2. The summed E-state index contributed by atoms with van der Waals surface area (Å²) in [5, 5.41) is 3.72. The lowest BCUT2D eigenvalue weighted by Gasteiger charge is -2.27. The van der Waals surface area contributed by atoms with Crippen molar-refractivity contribution in [2.24, 2.45) is 5.73 Å². The molecule has 222 valence electrons. The normalized spacial score (nSPS) is 12.8. The largest absolute Gasteiger partial charge is 0.471 e. The molecular formula is C23H34F3N3O10. The molecule has 13 nitrogen and oxygen atoms in total. The Kier molecular flexibility index (Phi) is 14.8. The highest BCUT2D eigenvalue weighted by molar-refractivity contribution is 6.05. The summed E-state index contributed by atoms with van der Waals surface area (Å²) in [6.45, 7) is 7.90. The van der Waals surface area contributed by atoms with Crippen LogP contribution < -0.4 is 16.4 Å². The Bertz CT molecular complexity index is 906. The van der Waals surface area contributed by atoms with Gasteiger partial charge in [-0.25, -0.2) is 19.2 Å². The fourth-order valence-corrected chi connectivity index (χ4v) is 3.11. The van der Waals surface area contributed by atoms with E-state index in [1.807, 2.05) is 0 Å². The van der Waals surface area contributed by atoms with Crippen molar-refractivity contribution in [2.45, 2.75) is 70.3 Å². The summed E-state index contributed by atoms with van der Waals surface area (Å²) >= 11 is 0. The molecule has 0 aliphatic carbocycles. The van der Waals surface area contributed by atoms with Crippen molar-refractivity contribution in [3.63, 3.8) is 0 Å². The zero-order chi connectivity index (χ0) is 30.4. The summed E-state index contributed by atoms with van der Waals surface area (Å²) in [6.07, 6.45) is -7.39. The minimum Gasteiger partial charge on any atom is -0.467 e. The van der Waals surface area contributed by atoms with Gasteiger partial charge in [-0.15, -0.1) is 0 Å². The smallest absolute Gasteiger partial charge is 0.467 e. The molecule has 4 N–H and O–H groups in total. The molecule has 0 saturated heterocycles. The lowest BCUT2D eigenvalue weighted by molar-refractivity contribution is -0.175. The standard InChI is InChI=1S/C23H34F3N3O10/c1-6-37-18(32)15(11-13(4)12-22(27,20(34)38-7-2)21(35)39-8-3)28-16(30)10-9-14(17(31)36-5)29-19(33)23(24,25)26/h14-15H,4,6-12,27H2,1-3,5H3,(H,28,30)(H,29,33)/t14-,15?/m1/s1. The highest BCUT2D eigenvalue weighted by Gasteiger charge is 2.46. The van der Waals surface area contributed by atoms with E-state index in [0.29, 0.717) is 0 Å². The predicted molar refractivity (Wildman–Crippen MR) is 126 cm³/mol. The van der Waals surface area contributed by atoms with E-state index >= 15 is 0 Å². The fraction of sp³-hybridized carbons (Fsp3) is 0.652. The van der Waals surface area contributed by atoms with E-state index in [1.54, 1.807) is 0 Å². The Balaban J connectivity index is 5.59. The Morgan fingerprint density at radius 3 is 1.79 bits per heavy atom. The van der Waals surface area contributed by atoms with Crippen LogP contribution in [0.3, 0.4) is 0 Å². The molecule has 0 aromatic rings. The minimum atomic E-state index is -5.28. The Labute approximate surface area is 222 Å². The molecule has 0 aromatic heterocycles. The van der Waals surface area contributed by atoms with Gasteiger partial charge in [0.1, 0.15) is 12.1 Å². The molecule has 0 bridgehead atoms. The molecule has 0 spiro atoms. The number of hydrogen-bond acceptors (Lipinski definition) is 11. The average Bonchev–Trinajstić information content (AvgIpc) is 2.85. The third-order valence-corrected chi connectivity index (χ3v) is 4.92.